The lowest BCUT2D eigenvalue weighted by Gasteiger charge is -2.10. The summed E-state index contributed by atoms with van der Waals surface area (Å²) >= 11 is 0. The highest BCUT2D eigenvalue weighted by molar-refractivity contribution is 7.92. The van der Waals surface area contributed by atoms with Crippen LogP contribution in [0.5, 0.6) is 0 Å². The Morgan fingerprint density at radius 3 is 2.04 bits per heavy atom. The van der Waals surface area contributed by atoms with Gasteiger partial charge in [0.05, 0.1) is 11.3 Å². The molecule has 2 rings (SSSR count). The third-order valence-electron chi connectivity index (χ3n) is 3.63. The second-order valence-corrected chi connectivity index (χ2v) is 7.63. The van der Waals surface area contributed by atoms with Gasteiger partial charge in [0.25, 0.3) is 10.0 Å². The molecule has 2 N–H and O–H groups in total. The van der Waals surface area contributed by atoms with Crippen LogP contribution < -0.4 is 10.0 Å². The van der Waals surface area contributed by atoms with Crippen molar-refractivity contribution in [3.63, 3.8) is 0 Å². The van der Waals surface area contributed by atoms with Crippen LogP contribution in [0.4, 0.5) is 18.9 Å². The van der Waals surface area contributed by atoms with Crippen molar-refractivity contribution in [2.75, 3.05) is 11.3 Å². The smallest absolute Gasteiger partial charge is 0.347 e. The first-order valence-electron chi connectivity index (χ1n) is 8.02. The lowest BCUT2D eigenvalue weighted by atomic mass is 10.1. The molecular formula is C18H17F3N2O4S. The lowest BCUT2D eigenvalue weighted by molar-refractivity contribution is -0.138. The number of anilines is 1. The zero-order chi connectivity index (χ0) is 20.9. The number of nitrogens with one attached hydrogen (secondary N) is 2. The molecule has 0 radical (unpaired) electrons. The van der Waals surface area contributed by atoms with Crippen LogP contribution in [-0.4, -0.2) is 32.8 Å². The number of Topliss-reactive ketones (excluding diaryl/α,β-unsaturated/α-hetero) is 1. The molecule has 0 atom stereocenters. The van der Waals surface area contributed by atoms with Crippen molar-refractivity contribution in [3.05, 3.63) is 59.7 Å². The highest BCUT2D eigenvalue weighted by atomic mass is 32.2. The Labute approximate surface area is 159 Å². The van der Waals surface area contributed by atoms with Crippen LogP contribution in [0.25, 0.3) is 0 Å². The molecule has 0 bridgehead atoms. The number of alkyl halides is 3. The summed E-state index contributed by atoms with van der Waals surface area (Å²) in [6, 6.07) is 11.1. The average Bonchev–Trinajstić information content (AvgIpc) is 2.61. The number of carbonyl (C=O) groups is 2. The van der Waals surface area contributed by atoms with Gasteiger partial charge in [0.2, 0.25) is 5.91 Å². The van der Waals surface area contributed by atoms with Crippen molar-refractivity contribution in [1.29, 1.82) is 0 Å². The first-order valence-corrected chi connectivity index (χ1v) is 9.51. The number of hydrogen-bond acceptors (Lipinski definition) is 4. The third-order valence-corrected chi connectivity index (χ3v) is 5.03. The van der Waals surface area contributed by atoms with Gasteiger partial charge in [-0.3, -0.25) is 14.3 Å². The number of carbonyl (C=O) groups excluding carboxylic acids is 2. The summed E-state index contributed by atoms with van der Waals surface area (Å²) in [6.07, 6.45) is -4.75. The molecule has 0 saturated carbocycles. The van der Waals surface area contributed by atoms with Crippen molar-refractivity contribution in [2.45, 2.75) is 24.4 Å². The Morgan fingerprint density at radius 2 is 1.54 bits per heavy atom. The van der Waals surface area contributed by atoms with E-state index >= 15 is 0 Å². The van der Waals surface area contributed by atoms with Crippen LogP contribution >= 0.6 is 0 Å². The van der Waals surface area contributed by atoms with E-state index in [1.807, 2.05) is 0 Å². The molecule has 0 aliphatic heterocycles. The number of halogens is 3. The van der Waals surface area contributed by atoms with Crippen molar-refractivity contribution in [3.8, 4) is 0 Å². The van der Waals surface area contributed by atoms with Crippen LogP contribution in [0, 0.1) is 0 Å². The quantitative estimate of drug-likeness (QED) is 0.682. The largest absolute Gasteiger partial charge is 0.405 e. The molecule has 0 fully saturated rings. The summed E-state index contributed by atoms with van der Waals surface area (Å²) in [7, 11) is -3.88. The second-order valence-electron chi connectivity index (χ2n) is 5.95. The van der Waals surface area contributed by atoms with Crippen molar-refractivity contribution in [1.82, 2.24) is 5.32 Å². The van der Waals surface area contributed by atoms with Crippen LogP contribution in [-0.2, 0) is 21.2 Å². The predicted octanol–water partition coefficient (Wildman–Crippen LogP) is 2.91. The zero-order valence-electron chi connectivity index (χ0n) is 14.7. The van der Waals surface area contributed by atoms with Crippen LogP contribution in [0.3, 0.4) is 0 Å². The fourth-order valence-electron chi connectivity index (χ4n) is 2.22. The van der Waals surface area contributed by atoms with E-state index in [4.69, 9.17) is 0 Å². The normalized spacial score (nSPS) is 11.7. The molecule has 0 aliphatic carbocycles. The summed E-state index contributed by atoms with van der Waals surface area (Å²) in [6.45, 7) is -0.0428. The van der Waals surface area contributed by atoms with Crippen molar-refractivity contribution >= 4 is 27.4 Å². The van der Waals surface area contributed by atoms with Crippen LogP contribution in [0.2, 0.25) is 0 Å². The van der Waals surface area contributed by atoms with Gasteiger partial charge in [0, 0.05) is 11.3 Å². The third kappa shape index (κ3) is 6.38. The fraction of sp³-hybridized carbons (Fsp3) is 0.222. The molecule has 28 heavy (non-hydrogen) atoms. The molecule has 0 saturated heterocycles. The number of benzene rings is 2. The molecule has 10 heteroatoms. The highest BCUT2D eigenvalue weighted by Crippen LogP contribution is 2.18. The molecule has 6 nitrogen and oxygen atoms in total. The molecule has 0 aliphatic rings. The monoisotopic (exact) mass is 414 g/mol. The minimum atomic E-state index is -4.49. The van der Waals surface area contributed by atoms with Gasteiger partial charge in [0.1, 0.15) is 6.54 Å². The molecule has 0 unspecified atom stereocenters. The second kappa shape index (κ2) is 8.42. The molecule has 2 aromatic rings. The molecule has 0 aromatic heterocycles. The number of hydrogen-bond donors (Lipinski definition) is 2. The zero-order valence-corrected chi connectivity index (χ0v) is 15.5. The summed E-state index contributed by atoms with van der Waals surface area (Å²) in [5, 5.41) is 1.76. The highest BCUT2D eigenvalue weighted by Gasteiger charge is 2.27. The van der Waals surface area contributed by atoms with E-state index in [0.29, 0.717) is 11.1 Å². The van der Waals surface area contributed by atoms with Crippen molar-refractivity contribution < 1.29 is 31.2 Å². The topological polar surface area (TPSA) is 92.3 Å². The number of sulfonamides is 1. The standard InChI is InChI=1S/C18H17F3N2O4S/c1-12(24)14-4-8-16(9-5-14)28(26,27)23-15-6-2-13(3-7-15)10-17(25)22-11-18(19,20)21/h2-9,23H,10-11H2,1H3,(H,22,25). The number of rotatable bonds is 7. The maximum Gasteiger partial charge on any atom is 0.405 e. The van der Waals surface area contributed by atoms with Gasteiger partial charge in [-0.05, 0) is 36.8 Å². The van der Waals surface area contributed by atoms with E-state index in [9.17, 15) is 31.2 Å². The van der Waals surface area contributed by atoms with Gasteiger partial charge in [-0.15, -0.1) is 0 Å². The molecule has 2 aromatic carbocycles. The van der Waals surface area contributed by atoms with E-state index < -0.39 is 28.7 Å². The fourth-order valence-corrected chi connectivity index (χ4v) is 3.28. The van der Waals surface area contributed by atoms with Crippen LogP contribution in [0.15, 0.2) is 53.4 Å². The SMILES string of the molecule is CC(=O)c1ccc(S(=O)(=O)Nc2ccc(CC(=O)NCC(F)(F)F)cc2)cc1. The number of ketones is 1. The van der Waals surface area contributed by atoms with E-state index in [2.05, 4.69) is 4.72 Å². The Balaban J connectivity index is 2.01. The average molecular weight is 414 g/mol. The Morgan fingerprint density at radius 1 is 0.964 bits per heavy atom. The summed E-state index contributed by atoms with van der Waals surface area (Å²) in [4.78, 5) is 22.7. The van der Waals surface area contributed by atoms with Gasteiger partial charge in [0.15, 0.2) is 5.78 Å². The van der Waals surface area contributed by atoms with E-state index in [-0.39, 0.29) is 22.8 Å². The Kier molecular flexibility index (Phi) is 6.45. The lowest BCUT2D eigenvalue weighted by Crippen LogP contribution is -2.34. The predicted molar refractivity (Wildman–Crippen MR) is 96.5 cm³/mol. The van der Waals surface area contributed by atoms with Gasteiger partial charge in [-0.1, -0.05) is 24.3 Å². The van der Waals surface area contributed by atoms with Gasteiger partial charge >= 0.3 is 6.18 Å². The van der Waals surface area contributed by atoms with E-state index in [1.54, 1.807) is 5.32 Å². The van der Waals surface area contributed by atoms with Gasteiger partial charge < -0.3 is 5.32 Å². The van der Waals surface area contributed by atoms with Crippen LogP contribution in [0.1, 0.15) is 22.8 Å². The van der Waals surface area contributed by atoms with E-state index in [1.165, 1.54) is 55.5 Å². The van der Waals surface area contributed by atoms with Gasteiger partial charge in [-0.2, -0.15) is 13.2 Å². The summed E-state index contributed by atoms with van der Waals surface area (Å²) in [5.41, 5.74) is 1.02. The first-order chi connectivity index (χ1) is 13.0. The first kappa shape index (κ1) is 21.4. The minimum absolute atomic E-state index is 0.0342. The molecule has 0 spiro atoms. The minimum Gasteiger partial charge on any atom is -0.347 e. The van der Waals surface area contributed by atoms with Gasteiger partial charge in [-0.25, -0.2) is 8.42 Å². The molecular weight excluding hydrogens is 397 g/mol. The molecule has 0 heterocycles. The molecule has 150 valence electrons. The summed E-state index contributed by atoms with van der Waals surface area (Å²) < 4.78 is 63.3. The Hall–Kier alpha value is -2.88. The maximum absolute atomic E-state index is 12.4. The maximum atomic E-state index is 12.4. The van der Waals surface area contributed by atoms with E-state index in [0.717, 1.165) is 0 Å². The molecule has 1 amide bonds. The summed E-state index contributed by atoms with van der Waals surface area (Å²) in [5.74, 6) is -0.983. The number of amides is 1. The van der Waals surface area contributed by atoms with Crippen molar-refractivity contribution in [2.24, 2.45) is 0 Å². The Bertz CT molecular complexity index is 954.